The van der Waals surface area contributed by atoms with Gasteiger partial charge in [-0.15, -0.1) is 0 Å². The van der Waals surface area contributed by atoms with Gasteiger partial charge in [-0.05, 0) is 0 Å². The quantitative estimate of drug-likeness (QED) is 0.221. The van der Waals surface area contributed by atoms with Crippen LogP contribution in [-0.2, 0) is 13.4 Å². The molecule has 1 aromatic carbocycles. The molecule has 1 aromatic rings. The summed E-state index contributed by atoms with van der Waals surface area (Å²) in [7, 11) is -0.957. The summed E-state index contributed by atoms with van der Waals surface area (Å²) in [5.41, 5.74) is -5.13. The molecule has 0 radical (unpaired) electrons. The molecular weight excluding hydrogens is 481 g/mol. The molecule has 2 rings (SSSR count). The summed E-state index contributed by atoms with van der Waals surface area (Å²) in [6.45, 7) is 5.51. The third-order valence-corrected chi connectivity index (χ3v) is 15.5. The molecule has 0 atom stereocenters. The van der Waals surface area contributed by atoms with E-state index in [0.717, 1.165) is 6.07 Å². The summed E-state index contributed by atoms with van der Waals surface area (Å²) in [6.07, 6.45) is -9.97. The van der Waals surface area contributed by atoms with Crippen LogP contribution in [0.2, 0.25) is 19.6 Å². The first-order valence-electron chi connectivity index (χ1n) is 7.13. The van der Waals surface area contributed by atoms with Gasteiger partial charge in [0.1, 0.15) is 0 Å². The number of ether oxygens (including phenoxy) is 1. The van der Waals surface area contributed by atoms with Crippen LogP contribution in [0.3, 0.4) is 0 Å². The van der Waals surface area contributed by atoms with Gasteiger partial charge in [0, 0.05) is 0 Å². The average molecular weight is 498 g/mol. The number of fused-ring (bicyclic) bond motifs is 1. The van der Waals surface area contributed by atoms with E-state index in [0.29, 0.717) is 3.20 Å². The Labute approximate surface area is 150 Å². The van der Waals surface area contributed by atoms with Crippen molar-refractivity contribution in [3.8, 4) is 0 Å². The van der Waals surface area contributed by atoms with E-state index in [4.69, 9.17) is 7.80 Å². The van der Waals surface area contributed by atoms with Crippen molar-refractivity contribution in [1.29, 1.82) is 0 Å². The van der Waals surface area contributed by atoms with Gasteiger partial charge in [0.05, 0.1) is 0 Å². The number of benzene rings is 1. The normalized spacial score (nSPS) is 19.8. The van der Waals surface area contributed by atoms with Crippen LogP contribution in [0.4, 0.5) is 26.3 Å². The minimum atomic E-state index is -5.62. The fraction of sp³-hybridized carbons (Fsp3) is 0.467. The fourth-order valence-corrected chi connectivity index (χ4v) is 13.3. The van der Waals surface area contributed by atoms with Gasteiger partial charge >= 0.3 is 150 Å². The van der Waals surface area contributed by atoms with Gasteiger partial charge in [0.25, 0.3) is 0 Å². The van der Waals surface area contributed by atoms with Crippen LogP contribution in [0.5, 0.6) is 0 Å². The topological polar surface area (TPSA) is 18.5 Å². The molecule has 1 aliphatic rings. The second-order valence-corrected chi connectivity index (χ2v) is 16.7. The summed E-state index contributed by atoms with van der Waals surface area (Å²) in [5, 5.41) is 0. The Morgan fingerprint density at radius 2 is 1.60 bits per heavy atom. The van der Waals surface area contributed by atoms with Crippen LogP contribution in [0.1, 0.15) is 5.56 Å². The third kappa shape index (κ3) is 3.32. The molecule has 0 spiro atoms. The predicted molar refractivity (Wildman–Crippen MR) is 92.5 cm³/mol. The summed E-state index contributed by atoms with van der Waals surface area (Å²) in [5.74, 6) is 0. The number of alkyl halides is 6. The van der Waals surface area contributed by atoms with E-state index in [9.17, 15) is 26.3 Å². The van der Waals surface area contributed by atoms with Gasteiger partial charge in [0.15, 0.2) is 0 Å². The summed E-state index contributed by atoms with van der Waals surface area (Å²) < 4.78 is 92.3. The zero-order valence-corrected chi connectivity index (χ0v) is 17.0. The van der Waals surface area contributed by atoms with Gasteiger partial charge in [-0.3, -0.25) is 0 Å². The first kappa shape index (κ1) is 20.6. The van der Waals surface area contributed by atoms with Crippen LogP contribution in [0.15, 0.2) is 33.7 Å². The number of halogens is 7. The van der Waals surface area contributed by atoms with Crippen LogP contribution < -0.4 is 0 Å². The molecule has 2 nitrogen and oxygen atoms in total. The Kier molecular flexibility index (Phi) is 5.30. The molecule has 10 heteroatoms. The molecule has 0 N–H and O–H groups in total. The van der Waals surface area contributed by atoms with Crippen molar-refractivity contribution in [2.75, 3.05) is 7.11 Å². The van der Waals surface area contributed by atoms with E-state index >= 15 is 0 Å². The fourth-order valence-electron chi connectivity index (χ4n) is 2.38. The zero-order chi connectivity index (χ0) is 19.3. The van der Waals surface area contributed by atoms with Crippen LogP contribution >= 0.6 is 20.2 Å². The molecule has 0 saturated heterocycles. The molecule has 0 amide bonds. The Morgan fingerprint density at radius 3 is 2.04 bits per heavy atom. The van der Waals surface area contributed by atoms with Crippen molar-refractivity contribution < 1.29 is 34.1 Å². The second kappa shape index (κ2) is 6.45. The average Bonchev–Trinajstić information content (AvgIpc) is 2.79. The molecule has 1 heterocycles. The van der Waals surface area contributed by atoms with E-state index in [2.05, 4.69) is 0 Å². The second-order valence-electron chi connectivity index (χ2n) is 6.43. The molecule has 0 unspecified atom stereocenters. The zero-order valence-electron chi connectivity index (χ0n) is 13.8. The summed E-state index contributed by atoms with van der Waals surface area (Å²) >= 11 is -3.43. The first-order valence-corrected chi connectivity index (χ1v) is 13.7. The Hall–Kier alpha value is -0.753. The monoisotopic (exact) mass is 498 g/mol. The molecule has 0 aromatic heterocycles. The molecular formula is C15H17F6IO2Si. The summed E-state index contributed by atoms with van der Waals surface area (Å²) in [4.78, 5) is 0. The maximum absolute atomic E-state index is 13.7. The number of hydrogen-bond acceptors (Lipinski definition) is 2. The van der Waals surface area contributed by atoms with Gasteiger partial charge in [-0.2, -0.15) is 0 Å². The molecule has 0 saturated carbocycles. The first-order chi connectivity index (χ1) is 11.3. The van der Waals surface area contributed by atoms with Gasteiger partial charge < -0.3 is 0 Å². The van der Waals surface area contributed by atoms with Crippen LogP contribution in [0.25, 0.3) is 0 Å². The van der Waals surface area contributed by atoms with Crippen molar-refractivity contribution in [2.24, 2.45) is 0 Å². The van der Waals surface area contributed by atoms with Gasteiger partial charge in [-0.25, -0.2) is 0 Å². The van der Waals surface area contributed by atoms with Crippen molar-refractivity contribution in [2.45, 2.75) is 37.6 Å². The van der Waals surface area contributed by atoms with E-state index in [1.807, 2.05) is 19.6 Å². The number of methoxy groups -OCH3 is 1. The standard InChI is InChI=1S/C15H17F6IO2Si/c1-23-9-12(25(2,3)4)22-11-8-6-5-7-10(11)13(24-22,14(16,17)18)15(19,20)21/h5-9H,1-4H3/b12-9-. The Bertz CT molecular complexity index is 664. The van der Waals surface area contributed by atoms with E-state index in [1.54, 1.807) is 0 Å². The number of rotatable bonds is 3. The molecule has 0 fully saturated rings. The molecule has 142 valence electrons. The van der Waals surface area contributed by atoms with Crippen molar-refractivity contribution >= 4 is 28.3 Å². The molecule has 0 bridgehead atoms. The van der Waals surface area contributed by atoms with Crippen molar-refractivity contribution in [3.05, 3.63) is 42.9 Å². The molecule has 1 aliphatic heterocycles. The van der Waals surface area contributed by atoms with Gasteiger partial charge in [0.2, 0.25) is 0 Å². The van der Waals surface area contributed by atoms with E-state index < -0.39 is 51.8 Å². The SMILES string of the molecule is CO/C=C(/I1OC(C(F)(F)F)(C(F)(F)F)c2ccccc21)[Si](C)(C)C. The van der Waals surface area contributed by atoms with Crippen LogP contribution in [-0.4, -0.2) is 27.5 Å². The third-order valence-electron chi connectivity index (χ3n) is 3.55. The Morgan fingerprint density at radius 1 is 1.08 bits per heavy atom. The predicted octanol–water partition coefficient (Wildman–Crippen LogP) is 5.99. The van der Waals surface area contributed by atoms with Crippen molar-refractivity contribution in [1.82, 2.24) is 0 Å². The summed E-state index contributed by atoms with van der Waals surface area (Å²) in [6, 6.07) is 4.78. The maximum atomic E-state index is 13.7. The molecule has 25 heavy (non-hydrogen) atoms. The minimum absolute atomic E-state index is 0.0204. The Balaban J connectivity index is 2.78. The van der Waals surface area contributed by atoms with Crippen LogP contribution in [0, 0.1) is 3.57 Å². The van der Waals surface area contributed by atoms with Crippen molar-refractivity contribution in [3.63, 3.8) is 0 Å². The van der Waals surface area contributed by atoms with Gasteiger partial charge in [-0.1, -0.05) is 0 Å². The molecule has 0 aliphatic carbocycles. The number of hydrogen-bond donors (Lipinski definition) is 0. The van der Waals surface area contributed by atoms with E-state index in [-0.39, 0.29) is 3.57 Å². The van der Waals surface area contributed by atoms with E-state index in [1.165, 1.54) is 31.6 Å².